The van der Waals surface area contributed by atoms with Crippen LogP contribution in [0.1, 0.15) is 46.9 Å². The van der Waals surface area contributed by atoms with Gasteiger partial charge in [-0.3, -0.25) is 9.59 Å². The van der Waals surface area contributed by atoms with E-state index >= 15 is 0 Å². The zero-order chi connectivity index (χ0) is 23.9. The molecular formula is C28H32N2O3S. The number of thiophene rings is 1. The van der Waals surface area contributed by atoms with E-state index in [0.717, 1.165) is 17.5 Å². The molecule has 6 heteroatoms. The first-order valence-electron chi connectivity index (χ1n) is 11.9. The average Bonchev–Trinajstić information content (AvgIpc) is 3.36. The smallest absolute Gasteiger partial charge is 0.242 e. The number of hydrogen-bond acceptors (Lipinski definition) is 4. The Labute approximate surface area is 206 Å². The first kappa shape index (κ1) is 24.2. The number of fused-ring (bicyclic) bond motifs is 1. The number of carbonyl (C=O) groups is 2. The van der Waals surface area contributed by atoms with Gasteiger partial charge >= 0.3 is 0 Å². The van der Waals surface area contributed by atoms with Gasteiger partial charge < -0.3 is 14.5 Å². The molecule has 2 heterocycles. The lowest BCUT2D eigenvalue weighted by Gasteiger charge is -2.38. The summed E-state index contributed by atoms with van der Waals surface area (Å²) in [6, 6.07) is 22.0. The highest BCUT2D eigenvalue weighted by Gasteiger charge is 2.34. The monoisotopic (exact) mass is 476 g/mol. The summed E-state index contributed by atoms with van der Waals surface area (Å²) >= 11 is 1.75. The summed E-state index contributed by atoms with van der Waals surface area (Å²) in [5.41, 5.74) is 3.27. The van der Waals surface area contributed by atoms with E-state index in [-0.39, 0.29) is 30.3 Å². The molecule has 0 N–H and O–H groups in total. The molecule has 0 aliphatic carbocycles. The fourth-order valence-corrected chi connectivity index (χ4v) is 5.67. The van der Waals surface area contributed by atoms with Gasteiger partial charge in [-0.25, -0.2) is 0 Å². The van der Waals surface area contributed by atoms with Crippen LogP contribution in [0.4, 0.5) is 0 Å². The van der Waals surface area contributed by atoms with Gasteiger partial charge in [-0.1, -0.05) is 67.6 Å². The van der Waals surface area contributed by atoms with Crippen LogP contribution in [0.25, 0.3) is 0 Å². The lowest BCUT2D eigenvalue weighted by atomic mass is 9.93. The van der Waals surface area contributed by atoms with Crippen LogP contribution in [0.2, 0.25) is 0 Å². The van der Waals surface area contributed by atoms with Crippen LogP contribution in [0.15, 0.2) is 72.1 Å². The summed E-state index contributed by atoms with van der Waals surface area (Å²) in [5.74, 6) is -0.331. The molecule has 0 bridgehead atoms. The summed E-state index contributed by atoms with van der Waals surface area (Å²) < 4.78 is 5.28. The Morgan fingerprint density at radius 3 is 2.47 bits per heavy atom. The number of hydrogen-bond donors (Lipinski definition) is 0. The van der Waals surface area contributed by atoms with E-state index in [1.807, 2.05) is 60.4 Å². The fraction of sp³-hybridized carbons (Fsp3) is 0.357. The molecule has 3 aromatic rings. The minimum Gasteiger partial charge on any atom is -0.383 e. The Morgan fingerprint density at radius 2 is 1.79 bits per heavy atom. The minimum absolute atomic E-state index is 0.0245. The lowest BCUT2D eigenvalue weighted by Crippen LogP contribution is -2.48. The maximum absolute atomic E-state index is 13.7. The zero-order valence-corrected chi connectivity index (χ0v) is 20.7. The SMILES string of the molecule is CCC(C(=O)N(CCOC)CC(=O)N1CCc2sccc2C1c1ccccc1)c1ccccc1. The quantitative estimate of drug-likeness (QED) is 0.442. The van der Waals surface area contributed by atoms with E-state index in [1.54, 1.807) is 23.3 Å². The molecule has 1 aromatic heterocycles. The van der Waals surface area contributed by atoms with Gasteiger partial charge in [0.1, 0.15) is 0 Å². The van der Waals surface area contributed by atoms with E-state index in [9.17, 15) is 9.59 Å². The molecule has 34 heavy (non-hydrogen) atoms. The Kier molecular flexibility index (Phi) is 8.14. The molecule has 0 spiro atoms. The summed E-state index contributed by atoms with van der Waals surface area (Å²) in [4.78, 5) is 32.3. The molecule has 0 fully saturated rings. The van der Waals surface area contributed by atoms with Crippen LogP contribution in [0.5, 0.6) is 0 Å². The van der Waals surface area contributed by atoms with Crippen LogP contribution in [0, 0.1) is 0 Å². The van der Waals surface area contributed by atoms with Crippen LogP contribution in [-0.2, 0) is 20.7 Å². The molecule has 2 aromatic carbocycles. The Balaban J connectivity index is 1.59. The van der Waals surface area contributed by atoms with Crippen molar-refractivity contribution in [1.29, 1.82) is 0 Å². The predicted molar refractivity (Wildman–Crippen MR) is 136 cm³/mol. The van der Waals surface area contributed by atoms with Gasteiger partial charge in [-0.05, 0) is 41.0 Å². The van der Waals surface area contributed by atoms with Gasteiger partial charge in [0.25, 0.3) is 0 Å². The number of rotatable bonds is 9. The Hall–Kier alpha value is -2.96. The number of nitrogens with zero attached hydrogens (tertiary/aromatic N) is 2. The van der Waals surface area contributed by atoms with Gasteiger partial charge in [-0.15, -0.1) is 11.3 Å². The van der Waals surface area contributed by atoms with Gasteiger partial charge in [0.05, 0.1) is 25.1 Å². The van der Waals surface area contributed by atoms with Crippen LogP contribution in [-0.4, -0.2) is 55.0 Å². The molecule has 0 saturated heterocycles. The summed E-state index contributed by atoms with van der Waals surface area (Å²) in [7, 11) is 1.62. The van der Waals surface area contributed by atoms with Crippen molar-refractivity contribution in [2.24, 2.45) is 0 Å². The van der Waals surface area contributed by atoms with E-state index in [1.165, 1.54) is 10.4 Å². The van der Waals surface area contributed by atoms with Crippen LogP contribution < -0.4 is 0 Å². The van der Waals surface area contributed by atoms with Crippen LogP contribution in [0.3, 0.4) is 0 Å². The van der Waals surface area contributed by atoms with Crippen molar-refractivity contribution in [3.05, 3.63) is 93.7 Å². The van der Waals surface area contributed by atoms with Crippen molar-refractivity contribution in [3.63, 3.8) is 0 Å². The largest absolute Gasteiger partial charge is 0.383 e. The van der Waals surface area contributed by atoms with Crippen molar-refractivity contribution in [3.8, 4) is 0 Å². The molecule has 2 amide bonds. The molecule has 0 radical (unpaired) electrons. The van der Waals surface area contributed by atoms with Crippen molar-refractivity contribution in [2.45, 2.75) is 31.7 Å². The van der Waals surface area contributed by atoms with E-state index in [2.05, 4.69) is 23.6 Å². The zero-order valence-electron chi connectivity index (χ0n) is 19.9. The van der Waals surface area contributed by atoms with Crippen molar-refractivity contribution < 1.29 is 14.3 Å². The van der Waals surface area contributed by atoms with Crippen LogP contribution >= 0.6 is 11.3 Å². The van der Waals surface area contributed by atoms with Gasteiger partial charge in [0, 0.05) is 25.1 Å². The molecule has 0 saturated carbocycles. The summed E-state index contributed by atoms with van der Waals surface area (Å²) in [5, 5.41) is 2.11. The highest BCUT2D eigenvalue weighted by Crippen LogP contribution is 2.37. The average molecular weight is 477 g/mol. The van der Waals surface area contributed by atoms with Gasteiger partial charge in [0.15, 0.2) is 0 Å². The van der Waals surface area contributed by atoms with Crippen molar-refractivity contribution >= 4 is 23.2 Å². The number of methoxy groups -OCH3 is 1. The minimum atomic E-state index is -0.277. The maximum atomic E-state index is 13.7. The third kappa shape index (κ3) is 5.24. The fourth-order valence-electron chi connectivity index (χ4n) is 4.76. The lowest BCUT2D eigenvalue weighted by molar-refractivity contribution is -0.143. The van der Waals surface area contributed by atoms with Gasteiger partial charge in [-0.2, -0.15) is 0 Å². The molecule has 4 rings (SSSR count). The second kappa shape index (κ2) is 11.4. The maximum Gasteiger partial charge on any atom is 0.242 e. The predicted octanol–water partition coefficient (Wildman–Crippen LogP) is 4.89. The third-order valence-electron chi connectivity index (χ3n) is 6.51. The van der Waals surface area contributed by atoms with E-state index < -0.39 is 0 Å². The van der Waals surface area contributed by atoms with E-state index in [4.69, 9.17) is 4.74 Å². The molecular weight excluding hydrogens is 444 g/mol. The Morgan fingerprint density at radius 1 is 1.09 bits per heavy atom. The number of amides is 2. The summed E-state index contributed by atoms with van der Waals surface area (Å²) in [6.07, 6.45) is 1.52. The number of carbonyl (C=O) groups excluding carboxylic acids is 2. The normalized spacial score (nSPS) is 16.1. The number of ether oxygens (including phenoxy) is 1. The molecule has 178 valence electrons. The molecule has 1 aliphatic rings. The molecule has 2 unspecified atom stereocenters. The topological polar surface area (TPSA) is 49.9 Å². The van der Waals surface area contributed by atoms with Crippen molar-refractivity contribution in [2.75, 3.05) is 33.4 Å². The Bertz CT molecular complexity index is 1080. The highest BCUT2D eigenvalue weighted by molar-refractivity contribution is 7.10. The third-order valence-corrected chi connectivity index (χ3v) is 7.51. The van der Waals surface area contributed by atoms with Gasteiger partial charge in [0.2, 0.25) is 11.8 Å². The molecule has 1 aliphatic heterocycles. The number of benzene rings is 2. The standard InChI is InChI=1S/C28H32N2O3S/c1-3-23(21-10-6-4-7-11-21)28(32)29(17-18-33-2)20-26(31)30-16-14-25-24(15-19-34-25)27(30)22-12-8-5-9-13-22/h4-13,15,19,23,27H,3,14,16-18,20H2,1-2H3. The highest BCUT2D eigenvalue weighted by atomic mass is 32.1. The molecule has 5 nitrogen and oxygen atoms in total. The first-order valence-corrected chi connectivity index (χ1v) is 12.7. The molecule has 2 atom stereocenters. The summed E-state index contributed by atoms with van der Waals surface area (Å²) in [6.45, 7) is 3.49. The second-order valence-corrected chi connectivity index (χ2v) is 9.57. The first-order chi connectivity index (χ1) is 16.6. The second-order valence-electron chi connectivity index (χ2n) is 8.57. The van der Waals surface area contributed by atoms with E-state index in [0.29, 0.717) is 26.1 Å². The van der Waals surface area contributed by atoms with Crippen molar-refractivity contribution in [1.82, 2.24) is 9.80 Å².